The van der Waals surface area contributed by atoms with Crippen LogP contribution in [0.1, 0.15) is 24.6 Å². The fourth-order valence-corrected chi connectivity index (χ4v) is 1.14. The molecule has 1 N–H and O–H groups in total. The van der Waals surface area contributed by atoms with Crippen molar-refractivity contribution in [3.63, 3.8) is 0 Å². The van der Waals surface area contributed by atoms with Gasteiger partial charge >= 0.3 is 0 Å². The molecule has 1 rings (SSSR count). The molecule has 0 amide bonds. The van der Waals surface area contributed by atoms with E-state index in [-0.39, 0.29) is 6.10 Å². The van der Waals surface area contributed by atoms with Gasteiger partial charge in [-0.3, -0.25) is 4.98 Å². The lowest BCUT2D eigenvalue weighted by Gasteiger charge is -2.03. The molecule has 1 heterocycles. The van der Waals surface area contributed by atoms with Crippen molar-refractivity contribution >= 4 is 0 Å². The van der Waals surface area contributed by atoms with Gasteiger partial charge in [-0.05, 0) is 44.4 Å². The van der Waals surface area contributed by atoms with Crippen molar-refractivity contribution in [3.8, 4) is 0 Å². The Bertz CT molecular complexity index is 245. The van der Waals surface area contributed by atoms with Crippen LogP contribution in [0.2, 0.25) is 0 Å². The van der Waals surface area contributed by atoms with E-state index in [0.29, 0.717) is 0 Å². The van der Waals surface area contributed by atoms with Crippen molar-refractivity contribution in [2.24, 2.45) is 0 Å². The van der Waals surface area contributed by atoms with Gasteiger partial charge in [-0.2, -0.15) is 0 Å². The van der Waals surface area contributed by atoms with Gasteiger partial charge in [0.1, 0.15) is 0 Å². The van der Waals surface area contributed by atoms with Crippen LogP contribution in [0.15, 0.2) is 18.3 Å². The van der Waals surface area contributed by atoms with Crippen molar-refractivity contribution in [3.05, 3.63) is 29.6 Å². The number of hydrogen-bond acceptors (Lipinski definition) is 2. The summed E-state index contributed by atoms with van der Waals surface area (Å²) in [6, 6.07) is 4.05. The lowest BCUT2D eigenvalue weighted by Crippen LogP contribution is -2.01. The predicted molar refractivity (Wildman–Crippen MR) is 49.0 cm³/mol. The van der Waals surface area contributed by atoms with Gasteiger partial charge < -0.3 is 5.11 Å². The molecule has 0 saturated carbocycles. The molecule has 0 aliphatic carbocycles. The van der Waals surface area contributed by atoms with Gasteiger partial charge in [0.05, 0.1) is 6.10 Å². The highest BCUT2D eigenvalue weighted by atomic mass is 16.3. The Morgan fingerprint density at radius 1 is 1.58 bits per heavy atom. The summed E-state index contributed by atoms with van der Waals surface area (Å²) < 4.78 is 0. The van der Waals surface area contributed by atoms with Crippen LogP contribution >= 0.6 is 0 Å². The molecule has 0 aliphatic rings. The normalized spacial score (nSPS) is 12.9. The van der Waals surface area contributed by atoms with E-state index in [4.69, 9.17) is 5.11 Å². The van der Waals surface area contributed by atoms with Crippen LogP contribution in [-0.2, 0) is 6.42 Å². The van der Waals surface area contributed by atoms with E-state index in [9.17, 15) is 0 Å². The zero-order chi connectivity index (χ0) is 8.97. The maximum absolute atomic E-state index is 9.07. The molecule has 12 heavy (non-hydrogen) atoms. The van der Waals surface area contributed by atoms with E-state index in [0.717, 1.165) is 18.5 Å². The van der Waals surface area contributed by atoms with Gasteiger partial charge in [-0.15, -0.1) is 0 Å². The van der Waals surface area contributed by atoms with Crippen molar-refractivity contribution in [2.45, 2.75) is 32.8 Å². The topological polar surface area (TPSA) is 33.1 Å². The van der Waals surface area contributed by atoms with E-state index >= 15 is 0 Å². The highest BCUT2D eigenvalue weighted by Crippen LogP contribution is 2.05. The summed E-state index contributed by atoms with van der Waals surface area (Å²) in [6.07, 6.45) is 3.36. The van der Waals surface area contributed by atoms with Crippen LogP contribution in [0.5, 0.6) is 0 Å². The molecule has 0 unspecified atom stereocenters. The van der Waals surface area contributed by atoms with Crippen LogP contribution in [0.4, 0.5) is 0 Å². The highest BCUT2D eigenvalue weighted by Gasteiger charge is 1.97. The van der Waals surface area contributed by atoms with Crippen molar-refractivity contribution in [2.75, 3.05) is 0 Å². The molecule has 0 spiro atoms. The number of hydrogen-bond donors (Lipinski definition) is 1. The van der Waals surface area contributed by atoms with E-state index in [1.165, 1.54) is 5.56 Å². The van der Waals surface area contributed by atoms with Gasteiger partial charge in [0, 0.05) is 11.9 Å². The minimum Gasteiger partial charge on any atom is -0.393 e. The summed E-state index contributed by atoms with van der Waals surface area (Å²) in [6.45, 7) is 3.79. The first-order valence-corrected chi connectivity index (χ1v) is 4.28. The molecule has 0 bridgehead atoms. The van der Waals surface area contributed by atoms with Crippen LogP contribution < -0.4 is 0 Å². The number of rotatable bonds is 3. The number of aromatic nitrogens is 1. The van der Waals surface area contributed by atoms with Gasteiger partial charge in [-0.1, -0.05) is 0 Å². The first-order valence-electron chi connectivity index (χ1n) is 4.28. The van der Waals surface area contributed by atoms with E-state index < -0.39 is 0 Å². The quantitative estimate of drug-likeness (QED) is 0.739. The van der Waals surface area contributed by atoms with Gasteiger partial charge in [0.2, 0.25) is 0 Å². The third-order valence-corrected chi connectivity index (χ3v) is 1.81. The second-order valence-corrected chi connectivity index (χ2v) is 3.19. The molecule has 66 valence electrons. The Morgan fingerprint density at radius 3 is 2.92 bits per heavy atom. The Hall–Kier alpha value is -0.890. The van der Waals surface area contributed by atoms with Crippen molar-refractivity contribution in [1.29, 1.82) is 0 Å². The molecule has 2 heteroatoms. The molecule has 0 fully saturated rings. The smallest absolute Gasteiger partial charge is 0.0515 e. The van der Waals surface area contributed by atoms with Gasteiger partial charge in [-0.25, -0.2) is 0 Å². The van der Waals surface area contributed by atoms with Crippen LogP contribution in [0.3, 0.4) is 0 Å². The number of pyridine rings is 1. The van der Waals surface area contributed by atoms with Crippen LogP contribution in [0, 0.1) is 6.92 Å². The zero-order valence-corrected chi connectivity index (χ0v) is 7.62. The molecule has 0 aliphatic heterocycles. The first-order chi connectivity index (χ1) is 5.68. The molecule has 1 aromatic rings. The molecular formula is C10H15NO. The summed E-state index contributed by atoms with van der Waals surface area (Å²) in [4.78, 5) is 4.10. The van der Waals surface area contributed by atoms with Crippen molar-refractivity contribution < 1.29 is 5.11 Å². The van der Waals surface area contributed by atoms with Gasteiger partial charge in [0.15, 0.2) is 0 Å². The van der Waals surface area contributed by atoms with E-state index in [2.05, 4.69) is 11.1 Å². The molecule has 0 aromatic carbocycles. The highest BCUT2D eigenvalue weighted by molar-refractivity contribution is 5.15. The maximum atomic E-state index is 9.07. The second kappa shape index (κ2) is 4.21. The number of aliphatic hydroxyl groups excluding tert-OH is 1. The molecule has 1 aromatic heterocycles. The lowest BCUT2D eigenvalue weighted by atomic mass is 10.1. The van der Waals surface area contributed by atoms with Crippen LogP contribution in [0.25, 0.3) is 0 Å². The summed E-state index contributed by atoms with van der Waals surface area (Å²) in [7, 11) is 0. The monoisotopic (exact) mass is 165 g/mol. The van der Waals surface area contributed by atoms with E-state index in [1.807, 2.05) is 26.1 Å². The molecule has 0 saturated heterocycles. The third-order valence-electron chi connectivity index (χ3n) is 1.81. The van der Waals surface area contributed by atoms with Gasteiger partial charge in [0.25, 0.3) is 0 Å². The number of aryl methyl sites for hydroxylation is 2. The largest absolute Gasteiger partial charge is 0.393 e. The Balaban J connectivity index is 2.52. The minimum absolute atomic E-state index is 0.210. The van der Waals surface area contributed by atoms with E-state index in [1.54, 1.807) is 0 Å². The number of nitrogens with zero attached hydrogens (tertiary/aromatic N) is 1. The zero-order valence-electron chi connectivity index (χ0n) is 7.62. The molecule has 0 radical (unpaired) electrons. The Kier molecular flexibility index (Phi) is 3.23. The SMILES string of the molecule is Cc1cc(CC[C@H](C)O)ccn1. The van der Waals surface area contributed by atoms with Crippen molar-refractivity contribution in [1.82, 2.24) is 4.98 Å². The third kappa shape index (κ3) is 3.01. The standard InChI is InChI=1S/C10H15NO/c1-8-7-10(5-6-11-8)4-3-9(2)12/h5-7,9,12H,3-4H2,1-2H3/t9-/m0/s1. The average molecular weight is 165 g/mol. The average Bonchev–Trinajstić information content (AvgIpc) is 2.01. The summed E-state index contributed by atoms with van der Waals surface area (Å²) in [5.41, 5.74) is 2.29. The summed E-state index contributed by atoms with van der Waals surface area (Å²) in [5, 5.41) is 9.07. The fourth-order valence-electron chi connectivity index (χ4n) is 1.14. The minimum atomic E-state index is -0.210. The lowest BCUT2D eigenvalue weighted by molar-refractivity contribution is 0.185. The molecule has 2 nitrogen and oxygen atoms in total. The Labute approximate surface area is 73.3 Å². The maximum Gasteiger partial charge on any atom is 0.0515 e. The summed E-state index contributed by atoms with van der Waals surface area (Å²) >= 11 is 0. The summed E-state index contributed by atoms with van der Waals surface area (Å²) in [5.74, 6) is 0. The van der Waals surface area contributed by atoms with Crippen LogP contribution in [-0.4, -0.2) is 16.2 Å². The predicted octanol–water partition coefficient (Wildman–Crippen LogP) is 1.70. The Morgan fingerprint density at radius 2 is 2.33 bits per heavy atom. The fraction of sp³-hybridized carbons (Fsp3) is 0.500. The second-order valence-electron chi connectivity index (χ2n) is 3.19. The molecule has 1 atom stereocenters. The number of aliphatic hydroxyl groups is 1. The first kappa shape index (κ1) is 9.20. The molecular weight excluding hydrogens is 150 g/mol.